The molecule has 1 saturated heterocycles. The Labute approximate surface area is 102 Å². The van der Waals surface area contributed by atoms with Crippen LogP contribution >= 0.6 is 0 Å². The molecule has 6 heteroatoms. The third-order valence-electron chi connectivity index (χ3n) is 2.88. The van der Waals surface area contributed by atoms with Gasteiger partial charge < -0.3 is 9.64 Å². The van der Waals surface area contributed by atoms with E-state index < -0.39 is 23.9 Å². The fraction of sp³-hybridized carbons (Fsp3) is 0.417. The van der Waals surface area contributed by atoms with Crippen LogP contribution in [0.4, 0.5) is 18.0 Å². The number of cyclic esters (lactones) is 1. The number of likely N-dealkylation sites (N-methyl/N-ethyl adjacent to an activating group) is 1. The molecule has 0 aliphatic carbocycles. The van der Waals surface area contributed by atoms with Crippen molar-refractivity contribution in [3.63, 3.8) is 0 Å². The fourth-order valence-corrected chi connectivity index (χ4v) is 1.83. The highest BCUT2D eigenvalue weighted by atomic mass is 19.4. The summed E-state index contributed by atoms with van der Waals surface area (Å²) in [5.74, 6) is 0. The molecule has 1 aliphatic heterocycles. The molecule has 1 atom stereocenters. The number of carbonyl (C=O) groups is 1. The Bertz CT molecular complexity index is 442. The molecule has 1 aromatic carbocycles. The second kappa shape index (κ2) is 4.51. The second-order valence-electron chi connectivity index (χ2n) is 4.03. The summed E-state index contributed by atoms with van der Waals surface area (Å²) < 4.78 is 42.2. The second-order valence-corrected chi connectivity index (χ2v) is 4.03. The first-order valence-electron chi connectivity index (χ1n) is 5.54. The molecule has 0 saturated carbocycles. The largest absolute Gasteiger partial charge is 0.439 e. The molecule has 1 amide bonds. The maximum Gasteiger partial charge on any atom is 0.416 e. The Balaban J connectivity index is 2.14. The average Bonchev–Trinajstić information content (AvgIpc) is 2.69. The van der Waals surface area contributed by atoms with Gasteiger partial charge in [0.05, 0.1) is 12.1 Å². The summed E-state index contributed by atoms with van der Waals surface area (Å²) in [7, 11) is 0. The molecule has 0 aromatic heterocycles. The van der Waals surface area contributed by atoms with E-state index >= 15 is 0 Å². The Morgan fingerprint density at radius 3 is 2.39 bits per heavy atom. The van der Waals surface area contributed by atoms with Crippen molar-refractivity contribution < 1.29 is 22.7 Å². The zero-order valence-corrected chi connectivity index (χ0v) is 9.70. The lowest BCUT2D eigenvalue weighted by atomic mass is 10.1. The van der Waals surface area contributed by atoms with Gasteiger partial charge in [-0.25, -0.2) is 4.79 Å². The predicted molar refractivity (Wildman–Crippen MR) is 57.9 cm³/mol. The van der Waals surface area contributed by atoms with Crippen LogP contribution in [0.2, 0.25) is 0 Å². The topological polar surface area (TPSA) is 29.5 Å². The van der Waals surface area contributed by atoms with Crippen LogP contribution in [0.15, 0.2) is 24.3 Å². The Morgan fingerprint density at radius 1 is 1.33 bits per heavy atom. The molecule has 3 nitrogen and oxygen atoms in total. The van der Waals surface area contributed by atoms with Crippen LogP contribution < -0.4 is 0 Å². The third-order valence-corrected chi connectivity index (χ3v) is 2.88. The van der Waals surface area contributed by atoms with E-state index in [1.54, 1.807) is 0 Å². The molecular formula is C12H12F3NO2. The molecule has 1 fully saturated rings. The summed E-state index contributed by atoms with van der Waals surface area (Å²) in [6, 6.07) is 4.69. The molecule has 0 N–H and O–H groups in total. The van der Waals surface area contributed by atoms with Gasteiger partial charge in [-0.3, -0.25) is 0 Å². The minimum Gasteiger partial charge on any atom is -0.439 e. The first kappa shape index (κ1) is 12.7. The van der Waals surface area contributed by atoms with Crippen molar-refractivity contribution in [3.8, 4) is 0 Å². The lowest BCUT2D eigenvalue weighted by molar-refractivity contribution is -0.137. The van der Waals surface area contributed by atoms with Crippen LogP contribution in [0, 0.1) is 0 Å². The molecule has 2 rings (SSSR count). The standard InChI is InChI=1S/C12H12F3NO2/c1-2-16-7-10(18-11(16)17)8-3-5-9(6-4-8)12(13,14)15/h3-6,10H,2,7H2,1H3. The van der Waals surface area contributed by atoms with Crippen LogP contribution in [0.25, 0.3) is 0 Å². The highest BCUT2D eigenvalue weighted by Crippen LogP contribution is 2.31. The van der Waals surface area contributed by atoms with Crippen molar-refractivity contribution in [2.45, 2.75) is 19.2 Å². The smallest absolute Gasteiger partial charge is 0.416 e. The van der Waals surface area contributed by atoms with Crippen molar-refractivity contribution in [1.29, 1.82) is 0 Å². The van der Waals surface area contributed by atoms with E-state index in [4.69, 9.17) is 4.74 Å². The molecule has 1 unspecified atom stereocenters. The minimum atomic E-state index is -4.35. The van der Waals surface area contributed by atoms with Crippen molar-refractivity contribution >= 4 is 6.09 Å². The fourth-order valence-electron chi connectivity index (χ4n) is 1.83. The van der Waals surface area contributed by atoms with Gasteiger partial charge in [-0.2, -0.15) is 13.2 Å². The number of benzene rings is 1. The van der Waals surface area contributed by atoms with E-state index in [0.29, 0.717) is 18.7 Å². The molecular weight excluding hydrogens is 247 g/mol. The summed E-state index contributed by atoms with van der Waals surface area (Å²) in [6.45, 7) is 2.72. The molecule has 0 radical (unpaired) electrons. The summed E-state index contributed by atoms with van der Waals surface area (Å²) in [4.78, 5) is 12.8. The van der Waals surface area contributed by atoms with Crippen LogP contribution in [-0.4, -0.2) is 24.1 Å². The first-order valence-corrected chi connectivity index (χ1v) is 5.54. The number of amides is 1. The Hall–Kier alpha value is -1.72. The van der Waals surface area contributed by atoms with E-state index in [1.165, 1.54) is 17.0 Å². The van der Waals surface area contributed by atoms with E-state index in [0.717, 1.165) is 12.1 Å². The lowest BCUT2D eigenvalue weighted by Gasteiger charge is -2.11. The van der Waals surface area contributed by atoms with E-state index in [9.17, 15) is 18.0 Å². The number of rotatable bonds is 2. The number of hydrogen-bond acceptors (Lipinski definition) is 2. The normalized spacial score (nSPS) is 20.1. The number of alkyl halides is 3. The van der Waals surface area contributed by atoms with Gasteiger partial charge in [0, 0.05) is 6.54 Å². The van der Waals surface area contributed by atoms with E-state index in [2.05, 4.69) is 0 Å². The summed E-state index contributed by atoms with van der Waals surface area (Å²) >= 11 is 0. The third kappa shape index (κ3) is 2.42. The van der Waals surface area contributed by atoms with Gasteiger partial charge in [-0.05, 0) is 24.6 Å². The van der Waals surface area contributed by atoms with Gasteiger partial charge in [0.15, 0.2) is 0 Å². The van der Waals surface area contributed by atoms with Gasteiger partial charge in [0.1, 0.15) is 6.10 Å². The zero-order chi connectivity index (χ0) is 13.3. The molecule has 1 heterocycles. The van der Waals surface area contributed by atoms with Crippen LogP contribution in [-0.2, 0) is 10.9 Å². The number of ether oxygens (including phenoxy) is 1. The van der Waals surface area contributed by atoms with Crippen molar-refractivity contribution in [2.24, 2.45) is 0 Å². The highest BCUT2D eigenvalue weighted by Gasteiger charge is 2.33. The molecule has 1 aromatic rings. The Kier molecular flexibility index (Phi) is 3.19. The van der Waals surface area contributed by atoms with Gasteiger partial charge in [0.25, 0.3) is 0 Å². The van der Waals surface area contributed by atoms with Gasteiger partial charge in [-0.1, -0.05) is 12.1 Å². The molecule has 0 bridgehead atoms. The summed E-state index contributed by atoms with van der Waals surface area (Å²) in [6.07, 6.45) is -5.26. The number of hydrogen-bond donors (Lipinski definition) is 0. The van der Waals surface area contributed by atoms with Crippen LogP contribution in [0.3, 0.4) is 0 Å². The van der Waals surface area contributed by atoms with Crippen molar-refractivity contribution in [1.82, 2.24) is 4.90 Å². The number of carbonyl (C=O) groups excluding carboxylic acids is 1. The predicted octanol–water partition coefficient (Wildman–Crippen LogP) is 3.22. The van der Waals surface area contributed by atoms with Crippen LogP contribution in [0.1, 0.15) is 24.2 Å². The molecule has 18 heavy (non-hydrogen) atoms. The Morgan fingerprint density at radius 2 is 1.94 bits per heavy atom. The molecule has 98 valence electrons. The quantitative estimate of drug-likeness (QED) is 0.816. The van der Waals surface area contributed by atoms with Crippen molar-refractivity contribution in [2.75, 3.05) is 13.1 Å². The van der Waals surface area contributed by atoms with Gasteiger partial charge >= 0.3 is 12.3 Å². The number of halogens is 3. The first-order chi connectivity index (χ1) is 8.41. The van der Waals surface area contributed by atoms with Crippen LogP contribution in [0.5, 0.6) is 0 Å². The molecule has 1 aliphatic rings. The van der Waals surface area contributed by atoms with E-state index in [-0.39, 0.29) is 0 Å². The lowest BCUT2D eigenvalue weighted by Crippen LogP contribution is -2.23. The monoisotopic (exact) mass is 259 g/mol. The number of nitrogens with zero attached hydrogens (tertiary/aromatic N) is 1. The maximum absolute atomic E-state index is 12.4. The summed E-state index contributed by atoms with van der Waals surface area (Å²) in [5.41, 5.74) is -0.129. The summed E-state index contributed by atoms with van der Waals surface area (Å²) in [5, 5.41) is 0. The van der Waals surface area contributed by atoms with E-state index in [1.807, 2.05) is 6.92 Å². The van der Waals surface area contributed by atoms with Gasteiger partial charge in [0.2, 0.25) is 0 Å². The SMILES string of the molecule is CCN1CC(c2ccc(C(F)(F)F)cc2)OC1=O. The molecule has 0 spiro atoms. The zero-order valence-electron chi connectivity index (χ0n) is 9.70. The van der Waals surface area contributed by atoms with Gasteiger partial charge in [-0.15, -0.1) is 0 Å². The maximum atomic E-state index is 12.4. The average molecular weight is 259 g/mol. The van der Waals surface area contributed by atoms with Crippen molar-refractivity contribution in [3.05, 3.63) is 35.4 Å². The minimum absolute atomic E-state index is 0.376. The highest BCUT2D eigenvalue weighted by molar-refractivity contribution is 5.70.